The summed E-state index contributed by atoms with van der Waals surface area (Å²) in [5, 5.41) is 6.07. The molecule has 0 saturated carbocycles. The van der Waals surface area contributed by atoms with Gasteiger partial charge in [0, 0.05) is 9.90 Å². The van der Waals surface area contributed by atoms with Crippen molar-refractivity contribution in [3.8, 4) is 5.69 Å². The van der Waals surface area contributed by atoms with Crippen LogP contribution in [0.3, 0.4) is 0 Å². The third kappa shape index (κ3) is 5.12. The maximum atomic E-state index is 13.8. The Hall–Kier alpha value is -2.94. The van der Waals surface area contributed by atoms with E-state index in [-0.39, 0.29) is 17.2 Å². The molecule has 0 fully saturated rings. The van der Waals surface area contributed by atoms with Crippen molar-refractivity contribution >= 4 is 56.5 Å². The fourth-order valence-corrected chi connectivity index (χ4v) is 6.69. The summed E-state index contributed by atoms with van der Waals surface area (Å²) in [6.45, 7) is 4.07. The molecule has 2 aromatic heterocycles. The molecule has 4 aromatic rings. The number of carbonyl (C=O) groups excluding carboxylic acids is 1. The first-order valence-corrected chi connectivity index (χ1v) is 13.9. The number of thioether (sulfide) groups is 1. The smallest absolute Gasteiger partial charge is 0.267 e. The van der Waals surface area contributed by atoms with Gasteiger partial charge in [0.05, 0.1) is 22.5 Å². The summed E-state index contributed by atoms with van der Waals surface area (Å²) in [6, 6.07) is 16.7. The van der Waals surface area contributed by atoms with Crippen molar-refractivity contribution in [2.75, 3.05) is 5.75 Å². The summed E-state index contributed by atoms with van der Waals surface area (Å²) in [4.78, 5) is 33.3. The summed E-state index contributed by atoms with van der Waals surface area (Å²) >= 11 is 8.79. The predicted molar refractivity (Wildman–Crippen MR) is 149 cm³/mol. The van der Waals surface area contributed by atoms with Gasteiger partial charge < -0.3 is 0 Å². The van der Waals surface area contributed by atoms with E-state index in [4.69, 9.17) is 16.6 Å². The van der Waals surface area contributed by atoms with Crippen LogP contribution in [0.25, 0.3) is 15.9 Å². The lowest BCUT2D eigenvalue weighted by Gasteiger charge is -2.17. The van der Waals surface area contributed by atoms with Crippen molar-refractivity contribution < 1.29 is 4.79 Å². The average Bonchev–Trinajstić information content (AvgIpc) is 3.24. The van der Waals surface area contributed by atoms with Crippen molar-refractivity contribution in [2.24, 2.45) is 11.0 Å². The number of carbonyl (C=O) groups is 1. The van der Waals surface area contributed by atoms with Crippen LogP contribution in [-0.2, 0) is 17.6 Å². The van der Waals surface area contributed by atoms with E-state index in [1.165, 1.54) is 16.6 Å². The van der Waals surface area contributed by atoms with E-state index in [0.29, 0.717) is 21.8 Å². The minimum atomic E-state index is -0.276. The minimum Gasteiger partial charge on any atom is -0.272 e. The molecule has 9 heteroatoms. The number of aryl methyl sites for hydroxylation is 1. The standard InChI is InChI=1S/C27H25ClN4O2S2/c1-16-8-13-21-22(14-16)36-25-24(21)26(34)32(20-6-4-3-5-7-20)27(29-25)35-15-23(33)31-30-17(2)18-9-11-19(28)12-10-18/h3-7,9-12,16H,8,13-15H2,1-2H3,(H,31,33)/b30-17+. The Bertz CT molecular complexity index is 1510. The monoisotopic (exact) mass is 536 g/mol. The number of rotatable bonds is 6. The summed E-state index contributed by atoms with van der Waals surface area (Å²) < 4.78 is 1.63. The fraction of sp³-hybridized carbons (Fsp3) is 0.259. The lowest BCUT2D eigenvalue weighted by Crippen LogP contribution is -2.24. The van der Waals surface area contributed by atoms with Crippen molar-refractivity contribution in [1.82, 2.24) is 15.0 Å². The van der Waals surface area contributed by atoms with E-state index in [2.05, 4.69) is 17.5 Å². The number of amides is 1. The van der Waals surface area contributed by atoms with Gasteiger partial charge in [-0.25, -0.2) is 10.4 Å². The maximum absolute atomic E-state index is 13.8. The fourth-order valence-electron chi connectivity index (χ4n) is 4.34. The van der Waals surface area contributed by atoms with Crippen LogP contribution in [0, 0.1) is 5.92 Å². The lowest BCUT2D eigenvalue weighted by atomic mass is 9.89. The molecule has 2 aromatic carbocycles. The average molecular weight is 537 g/mol. The molecule has 0 spiro atoms. The molecule has 0 radical (unpaired) electrons. The van der Waals surface area contributed by atoms with Crippen LogP contribution in [0.2, 0.25) is 5.02 Å². The van der Waals surface area contributed by atoms with Gasteiger partial charge >= 0.3 is 0 Å². The number of hydrogen-bond acceptors (Lipinski definition) is 6. The summed E-state index contributed by atoms with van der Waals surface area (Å²) in [6.07, 6.45) is 2.97. The first kappa shape index (κ1) is 24.7. The van der Waals surface area contributed by atoms with Gasteiger partial charge in [-0.2, -0.15) is 5.10 Å². The number of halogens is 1. The highest BCUT2D eigenvalue weighted by Gasteiger charge is 2.25. The molecule has 184 valence electrons. The largest absolute Gasteiger partial charge is 0.272 e. The van der Waals surface area contributed by atoms with Crippen LogP contribution < -0.4 is 11.0 Å². The number of aromatic nitrogens is 2. The predicted octanol–water partition coefficient (Wildman–Crippen LogP) is 5.86. The Labute approximate surface area is 222 Å². The highest BCUT2D eigenvalue weighted by atomic mass is 35.5. The summed E-state index contributed by atoms with van der Waals surface area (Å²) in [5.74, 6) is 0.405. The zero-order valence-electron chi connectivity index (χ0n) is 20.0. The molecule has 1 N–H and O–H groups in total. The number of nitrogens with zero attached hydrogens (tertiary/aromatic N) is 3. The second-order valence-electron chi connectivity index (χ2n) is 8.93. The Morgan fingerprint density at radius 2 is 1.97 bits per heavy atom. The van der Waals surface area contributed by atoms with Gasteiger partial charge in [-0.3, -0.25) is 14.2 Å². The Morgan fingerprint density at radius 1 is 1.22 bits per heavy atom. The van der Waals surface area contributed by atoms with Crippen LogP contribution in [0.4, 0.5) is 0 Å². The highest BCUT2D eigenvalue weighted by Crippen LogP contribution is 2.37. The van der Waals surface area contributed by atoms with Crippen LogP contribution in [0.1, 0.15) is 36.3 Å². The number of para-hydroxylation sites is 1. The third-order valence-electron chi connectivity index (χ3n) is 6.26. The molecule has 36 heavy (non-hydrogen) atoms. The van der Waals surface area contributed by atoms with Crippen LogP contribution in [0.15, 0.2) is 69.6 Å². The Morgan fingerprint density at radius 3 is 2.72 bits per heavy atom. The second-order valence-corrected chi connectivity index (χ2v) is 11.4. The van der Waals surface area contributed by atoms with Gasteiger partial charge in [-0.1, -0.05) is 60.6 Å². The SMILES string of the molecule is C/C(=N\NC(=O)CSc1nc2sc3c(c2c(=O)n1-c1ccccc1)CCC(C)C3)c1ccc(Cl)cc1. The quantitative estimate of drug-likeness (QED) is 0.145. The van der Waals surface area contributed by atoms with Crippen molar-refractivity contribution in [3.05, 3.63) is 86.0 Å². The number of nitrogens with one attached hydrogen (secondary N) is 1. The normalized spacial score (nSPS) is 15.6. The van der Waals surface area contributed by atoms with Crippen LogP contribution in [0.5, 0.6) is 0 Å². The molecular formula is C27H25ClN4O2S2. The molecule has 0 aliphatic heterocycles. The van der Waals surface area contributed by atoms with E-state index in [9.17, 15) is 9.59 Å². The molecule has 1 aliphatic carbocycles. The zero-order valence-corrected chi connectivity index (χ0v) is 22.3. The number of benzene rings is 2. The molecular weight excluding hydrogens is 512 g/mol. The number of thiophene rings is 1. The number of fused-ring (bicyclic) bond motifs is 3. The number of hydrazone groups is 1. The lowest BCUT2D eigenvalue weighted by molar-refractivity contribution is -0.118. The highest BCUT2D eigenvalue weighted by molar-refractivity contribution is 7.99. The maximum Gasteiger partial charge on any atom is 0.267 e. The van der Waals surface area contributed by atoms with Crippen molar-refractivity contribution in [1.29, 1.82) is 0 Å². The second kappa shape index (κ2) is 10.6. The molecule has 1 aliphatic rings. The van der Waals surface area contributed by atoms with E-state index < -0.39 is 0 Å². The first-order chi connectivity index (χ1) is 17.4. The molecule has 0 bridgehead atoms. The number of hydrogen-bond donors (Lipinski definition) is 1. The van der Waals surface area contributed by atoms with E-state index in [1.807, 2.05) is 49.4 Å². The van der Waals surface area contributed by atoms with Gasteiger partial charge in [-0.05, 0) is 67.5 Å². The van der Waals surface area contributed by atoms with Crippen LogP contribution >= 0.6 is 34.7 Å². The molecule has 6 nitrogen and oxygen atoms in total. The Balaban J connectivity index is 1.43. The summed E-state index contributed by atoms with van der Waals surface area (Å²) in [5.41, 5.74) is 5.96. The molecule has 2 heterocycles. The van der Waals surface area contributed by atoms with Gasteiger partial charge in [-0.15, -0.1) is 11.3 Å². The topological polar surface area (TPSA) is 76.3 Å². The third-order valence-corrected chi connectivity index (χ3v) is 8.59. The van der Waals surface area contributed by atoms with Gasteiger partial charge in [0.25, 0.3) is 11.5 Å². The van der Waals surface area contributed by atoms with Crippen molar-refractivity contribution in [2.45, 2.75) is 38.3 Å². The van der Waals surface area contributed by atoms with Gasteiger partial charge in [0.15, 0.2) is 5.16 Å². The van der Waals surface area contributed by atoms with E-state index >= 15 is 0 Å². The zero-order chi connectivity index (χ0) is 25.2. The molecule has 1 atom stereocenters. The summed E-state index contributed by atoms with van der Waals surface area (Å²) in [7, 11) is 0. The van der Waals surface area contributed by atoms with Crippen molar-refractivity contribution in [3.63, 3.8) is 0 Å². The van der Waals surface area contributed by atoms with Gasteiger partial charge in [0.2, 0.25) is 0 Å². The van der Waals surface area contributed by atoms with E-state index in [1.54, 1.807) is 28.0 Å². The molecule has 5 rings (SSSR count). The first-order valence-electron chi connectivity index (χ1n) is 11.8. The van der Waals surface area contributed by atoms with E-state index in [0.717, 1.165) is 46.3 Å². The van der Waals surface area contributed by atoms with Gasteiger partial charge in [0.1, 0.15) is 4.83 Å². The minimum absolute atomic E-state index is 0.0715. The molecule has 1 unspecified atom stereocenters. The van der Waals surface area contributed by atoms with Crippen LogP contribution in [-0.4, -0.2) is 26.9 Å². The molecule has 0 saturated heterocycles. The molecule has 1 amide bonds. The Kier molecular flexibility index (Phi) is 7.27.